The number of benzene rings is 8. The molecule has 2 heterocycles. The summed E-state index contributed by atoms with van der Waals surface area (Å²) in [6.45, 7) is 0. The molecule has 8 aromatic carbocycles. The summed E-state index contributed by atoms with van der Waals surface area (Å²) in [5.74, 6) is 3.39. The Labute approximate surface area is 336 Å². The van der Waals surface area contributed by atoms with Crippen molar-refractivity contribution < 1.29 is 4.74 Å². The van der Waals surface area contributed by atoms with Crippen molar-refractivity contribution in [2.24, 2.45) is 0 Å². The maximum absolute atomic E-state index is 10.7. The first-order chi connectivity index (χ1) is 28.7. The van der Waals surface area contributed by atoms with Gasteiger partial charge in [0.2, 0.25) is 0 Å². The van der Waals surface area contributed by atoms with Crippen LogP contribution in [0.25, 0.3) is 67.5 Å². The number of nitrogens with zero attached hydrogens (tertiary/aromatic N) is 4. The molecular weight excluding hydrogens is 709 g/mol. The van der Waals surface area contributed by atoms with E-state index in [1.165, 1.54) is 0 Å². The van der Waals surface area contributed by atoms with Crippen molar-refractivity contribution in [3.05, 3.63) is 222 Å². The average Bonchev–Trinajstić information content (AvgIpc) is 3.60. The summed E-state index contributed by atoms with van der Waals surface area (Å²) in [5.41, 5.74) is 13.1. The molecule has 9 aromatic rings. The van der Waals surface area contributed by atoms with E-state index in [2.05, 4.69) is 115 Å². The van der Waals surface area contributed by atoms with Crippen molar-refractivity contribution in [2.75, 3.05) is 0 Å². The van der Waals surface area contributed by atoms with Crippen LogP contribution in [0, 0.1) is 11.3 Å². The lowest BCUT2D eigenvalue weighted by Crippen LogP contribution is -2.32. The number of aromatic nitrogens is 3. The van der Waals surface area contributed by atoms with E-state index in [0.717, 1.165) is 83.8 Å². The third-order valence-corrected chi connectivity index (χ3v) is 11.4. The maximum Gasteiger partial charge on any atom is 0.164 e. The second kappa shape index (κ2) is 13.4. The zero-order chi connectivity index (χ0) is 38.6. The number of nitriles is 1. The van der Waals surface area contributed by atoms with Crippen LogP contribution in [0.4, 0.5) is 0 Å². The fraction of sp³-hybridized carbons (Fsp3) is 0.0189. The lowest BCUT2D eigenvalue weighted by Gasteiger charge is -2.39. The molecule has 270 valence electrons. The Balaban J connectivity index is 1.12. The summed E-state index contributed by atoms with van der Waals surface area (Å²) >= 11 is 0. The van der Waals surface area contributed by atoms with E-state index in [4.69, 9.17) is 19.7 Å². The molecule has 0 unspecified atom stereocenters. The Hall–Kier alpha value is -7.94. The second-order valence-corrected chi connectivity index (χ2v) is 14.6. The van der Waals surface area contributed by atoms with Gasteiger partial charge in [-0.25, -0.2) is 15.0 Å². The van der Waals surface area contributed by atoms with Crippen LogP contribution in [0.1, 0.15) is 27.8 Å². The van der Waals surface area contributed by atoms with Gasteiger partial charge in [0.1, 0.15) is 11.5 Å². The molecule has 2 aliphatic rings. The number of rotatable bonds is 5. The molecule has 0 saturated carbocycles. The first kappa shape index (κ1) is 33.4. The molecule has 1 aromatic heterocycles. The lowest BCUT2D eigenvalue weighted by atomic mass is 9.66. The highest BCUT2D eigenvalue weighted by Crippen LogP contribution is 2.63. The van der Waals surface area contributed by atoms with Crippen molar-refractivity contribution in [3.8, 4) is 85.1 Å². The van der Waals surface area contributed by atoms with Crippen molar-refractivity contribution in [1.29, 1.82) is 5.26 Å². The molecule has 0 N–H and O–H groups in total. The summed E-state index contributed by atoms with van der Waals surface area (Å²) in [5, 5.41) is 10.7. The lowest BCUT2D eigenvalue weighted by molar-refractivity contribution is 0.436. The summed E-state index contributed by atoms with van der Waals surface area (Å²) in [7, 11) is 0. The molecule has 5 nitrogen and oxygen atoms in total. The van der Waals surface area contributed by atoms with Crippen LogP contribution >= 0.6 is 0 Å². The van der Waals surface area contributed by atoms with Gasteiger partial charge in [0, 0.05) is 33.4 Å². The number of fused-ring (bicyclic) bond motifs is 9. The summed E-state index contributed by atoms with van der Waals surface area (Å²) in [6.07, 6.45) is 0. The van der Waals surface area contributed by atoms with Gasteiger partial charge in [-0.2, -0.15) is 5.26 Å². The predicted molar refractivity (Wildman–Crippen MR) is 229 cm³/mol. The van der Waals surface area contributed by atoms with Crippen LogP contribution in [0.15, 0.2) is 194 Å². The molecule has 0 bridgehead atoms. The normalized spacial score (nSPS) is 12.7. The van der Waals surface area contributed by atoms with Crippen LogP contribution in [-0.2, 0) is 5.41 Å². The van der Waals surface area contributed by atoms with E-state index >= 15 is 0 Å². The van der Waals surface area contributed by atoms with Crippen molar-refractivity contribution in [2.45, 2.75) is 5.41 Å². The van der Waals surface area contributed by atoms with E-state index in [0.29, 0.717) is 23.0 Å². The van der Waals surface area contributed by atoms with Gasteiger partial charge in [-0.3, -0.25) is 0 Å². The Morgan fingerprint density at radius 3 is 1.47 bits per heavy atom. The smallest absolute Gasteiger partial charge is 0.164 e. The molecule has 0 fully saturated rings. The molecule has 0 saturated heterocycles. The highest BCUT2D eigenvalue weighted by atomic mass is 16.5. The Bertz CT molecular complexity index is 3070. The van der Waals surface area contributed by atoms with Gasteiger partial charge in [0.25, 0.3) is 0 Å². The van der Waals surface area contributed by atoms with Crippen LogP contribution in [0.2, 0.25) is 0 Å². The van der Waals surface area contributed by atoms with Gasteiger partial charge >= 0.3 is 0 Å². The molecule has 11 rings (SSSR count). The second-order valence-electron chi connectivity index (χ2n) is 14.6. The molecule has 1 aliphatic carbocycles. The van der Waals surface area contributed by atoms with Gasteiger partial charge in [0.15, 0.2) is 17.5 Å². The number of hydrogen-bond donors (Lipinski definition) is 0. The molecule has 1 spiro atoms. The molecule has 5 heteroatoms. The van der Waals surface area contributed by atoms with Crippen molar-refractivity contribution >= 4 is 0 Å². The third kappa shape index (κ3) is 5.13. The van der Waals surface area contributed by atoms with E-state index in [1.807, 2.05) is 84.9 Å². The number of para-hydroxylation sites is 2. The molecule has 58 heavy (non-hydrogen) atoms. The van der Waals surface area contributed by atoms with Gasteiger partial charge in [-0.15, -0.1) is 0 Å². The maximum atomic E-state index is 10.7. The van der Waals surface area contributed by atoms with Gasteiger partial charge < -0.3 is 4.74 Å². The minimum atomic E-state index is -0.696. The molecule has 0 atom stereocenters. The quantitative estimate of drug-likeness (QED) is 0.176. The van der Waals surface area contributed by atoms with Gasteiger partial charge in [-0.1, -0.05) is 164 Å². The van der Waals surface area contributed by atoms with E-state index in [9.17, 15) is 5.26 Å². The Kier molecular flexibility index (Phi) is 7.70. The first-order valence-electron chi connectivity index (χ1n) is 19.3. The van der Waals surface area contributed by atoms with Crippen molar-refractivity contribution in [1.82, 2.24) is 15.0 Å². The average molecular weight is 741 g/mol. The highest BCUT2D eigenvalue weighted by Gasteiger charge is 2.52. The zero-order valence-electron chi connectivity index (χ0n) is 31.2. The minimum absolute atomic E-state index is 0.574. The molecule has 1 aliphatic heterocycles. The van der Waals surface area contributed by atoms with E-state index in [1.54, 1.807) is 0 Å². The van der Waals surface area contributed by atoms with E-state index in [-0.39, 0.29) is 0 Å². The minimum Gasteiger partial charge on any atom is -0.457 e. The summed E-state index contributed by atoms with van der Waals surface area (Å²) < 4.78 is 6.56. The summed E-state index contributed by atoms with van der Waals surface area (Å²) in [6, 6.07) is 68.9. The summed E-state index contributed by atoms with van der Waals surface area (Å²) in [4.78, 5) is 15.3. The molecular formula is C53H32N4O. The fourth-order valence-electron chi connectivity index (χ4n) is 8.97. The Morgan fingerprint density at radius 2 is 0.828 bits per heavy atom. The molecule has 0 amide bonds. The van der Waals surface area contributed by atoms with E-state index < -0.39 is 5.41 Å². The monoisotopic (exact) mass is 740 g/mol. The SMILES string of the molecule is N#Cc1cccc2c1-c1c(-c3cccc(-c4nc(-c5ccccc5)nc(-c5cccc(-c6ccccc6)c5)n4)c3)cccc1C21c2ccccc2Oc2ccccc21. The fourth-order valence-corrected chi connectivity index (χ4v) is 8.97. The largest absolute Gasteiger partial charge is 0.457 e. The number of ether oxygens (including phenoxy) is 1. The van der Waals surface area contributed by atoms with Crippen LogP contribution in [0.3, 0.4) is 0 Å². The predicted octanol–water partition coefficient (Wildman–Crippen LogP) is 12.5. The highest BCUT2D eigenvalue weighted by molar-refractivity contribution is 5.99. The van der Waals surface area contributed by atoms with Crippen LogP contribution < -0.4 is 4.74 Å². The standard InChI is InChI=1S/C53H32N4O/c54-33-40-23-13-27-44-48(40)49-41(24-14-28-45(49)53(44)42-25-7-9-29-46(42)58-47-30-10-8-26-43(47)53)37-20-12-22-39(32-37)52-56-50(35-17-5-2-6-18-35)55-51(57-52)38-21-11-19-36(31-38)34-15-3-1-4-16-34/h1-32H. The van der Waals surface area contributed by atoms with Gasteiger partial charge in [0.05, 0.1) is 17.0 Å². The van der Waals surface area contributed by atoms with Crippen LogP contribution in [0.5, 0.6) is 11.5 Å². The Morgan fingerprint density at radius 1 is 0.379 bits per heavy atom. The molecule has 0 radical (unpaired) electrons. The first-order valence-corrected chi connectivity index (χ1v) is 19.3. The van der Waals surface area contributed by atoms with Crippen molar-refractivity contribution in [3.63, 3.8) is 0 Å². The third-order valence-electron chi connectivity index (χ3n) is 11.4. The topological polar surface area (TPSA) is 71.7 Å². The van der Waals surface area contributed by atoms with Gasteiger partial charge in [-0.05, 0) is 69.3 Å². The number of hydrogen-bond acceptors (Lipinski definition) is 5. The van der Waals surface area contributed by atoms with Crippen LogP contribution in [-0.4, -0.2) is 15.0 Å². The zero-order valence-corrected chi connectivity index (χ0v) is 31.2.